The summed E-state index contributed by atoms with van der Waals surface area (Å²) < 4.78 is 0. The van der Waals surface area contributed by atoms with Gasteiger partial charge in [-0.1, -0.05) is 0 Å². The third kappa shape index (κ3) is 7.09. The van der Waals surface area contributed by atoms with Crippen LogP contribution in [0.15, 0.2) is 24.3 Å². The summed E-state index contributed by atoms with van der Waals surface area (Å²) in [6.45, 7) is 0.709. The van der Waals surface area contributed by atoms with Crippen LogP contribution in [0.25, 0.3) is 0 Å². The Morgan fingerprint density at radius 1 is 1.42 bits per heavy atom. The van der Waals surface area contributed by atoms with E-state index in [1.165, 1.54) is 5.56 Å². The van der Waals surface area contributed by atoms with E-state index in [1.54, 1.807) is 0 Å². The molecule has 0 radical (unpaired) electrons. The molecule has 0 aliphatic rings. The Kier molecular flexibility index (Phi) is 9.84. The van der Waals surface area contributed by atoms with E-state index in [-0.39, 0.29) is 15.9 Å². The molecule has 0 amide bonds. The molecule has 1 nitrogen and oxygen atoms in total. The van der Waals surface area contributed by atoms with Gasteiger partial charge in [0.15, 0.2) is 0 Å². The SMILES string of the molecule is NCCc1[c-]cccc1.[Cl][Pd][Cl]. The normalized spacial score (nSPS) is 8.92. The second-order valence-electron chi connectivity index (χ2n) is 1.97. The van der Waals surface area contributed by atoms with E-state index in [0.29, 0.717) is 6.54 Å². The number of nitrogens with two attached hydrogens (primary N) is 1. The quantitative estimate of drug-likeness (QED) is 0.658. The van der Waals surface area contributed by atoms with Crippen molar-refractivity contribution >= 4 is 19.1 Å². The van der Waals surface area contributed by atoms with Crippen LogP contribution in [0.2, 0.25) is 0 Å². The van der Waals surface area contributed by atoms with Gasteiger partial charge in [0.1, 0.15) is 0 Å². The topological polar surface area (TPSA) is 26.0 Å². The standard InChI is InChI=1S/C8H10N.2ClH.Pd/c9-7-6-8-4-2-1-3-5-8;;;/h1-4H,6-7,9H2;2*1H;/q-1;;;+2/p-2. The monoisotopic (exact) mass is 296 g/mol. The maximum atomic E-state index is 5.34. The van der Waals surface area contributed by atoms with Gasteiger partial charge in [0.05, 0.1) is 0 Å². The zero-order chi connectivity index (χ0) is 9.23. The van der Waals surface area contributed by atoms with E-state index in [9.17, 15) is 0 Å². The minimum atomic E-state index is -0.106. The summed E-state index contributed by atoms with van der Waals surface area (Å²) in [6, 6.07) is 11.0. The fraction of sp³-hybridized carbons (Fsp3) is 0.250. The van der Waals surface area contributed by atoms with Crippen LogP contribution in [0.5, 0.6) is 0 Å². The Labute approximate surface area is 89.3 Å². The van der Waals surface area contributed by atoms with E-state index in [0.717, 1.165) is 6.42 Å². The third-order valence-corrected chi connectivity index (χ3v) is 1.19. The van der Waals surface area contributed by atoms with Crippen molar-refractivity contribution in [3.05, 3.63) is 35.9 Å². The Hall–Kier alpha value is 0.422. The Balaban J connectivity index is 0.000000354. The van der Waals surface area contributed by atoms with Crippen LogP contribution in [0, 0.1) is 6.07 Å². The van der Waals surface area contributed by atoms with Crippen molar-refractivity contribution < 1.29 is 15.9 Å². The van der Waals surface area contributed by atoms with Gasteiger partial charge in [0, 0.05) is 0 Å². The van der Waals surface area contributed by atoms with Crippen molar-refractivity contribution in [1.82, 2.24) is 0 Å². The molecule has 0 aromatic heterocycles. The zero-order valence-corrected chi connectivity index (χ0v) is 9.44. The molecule has 0 aliphatic heterocycles. The van der Waals surface area contributed by atoms with E-state index in [1.807, 2.05) is 24.3 Å². The molecule has 0 aliphatic carbocycles. The number of benzene rings is 1. The average molecular weight is 298 g/mol. The summed E-state index contributed by atoms with van der Waals surface area (Å²) in [5.74, 6) is 0. The van der Waals surface area contributed by atoms with Gasteiger partial charge >= 0.3 is 35.0 Å². The van der Waals surface area contributed by atoms with E-state index < -0.39 is 0 Å². The van der Waals surface area contributed by atoms with Crippen LogP contribution in [-0.2, 0) is 22.4 Å². The van der Waals surface area contributed by atoms with Crippen LogP contribution < -0.4 is 5.73 Å². The minimum absolute atomic E-state index is 0.106. The molecule has 0 heterocycles. The molecule has 72 valence electrons. The first-order valence-electron chi connectivity index (χ1n) is 3.33. The molecule has 1 aromatic rings. The van der Waals surface area contributed by atoms with Crippen LogP contribution in [0.1, 0.15) is 5.56 Å². The third-order valence-electron chi connectivity index (χ3n) is 1.19. The fourth-order valence-electron chi connectivity index (χ4n) is 0.742. The van der Waals surface area contributed by atoms with Gasteiger partial charge in [-0.3, -0.25) is 0 Å². The molecular weight excluding hydrogens is 287 g/mol. The van der Waals surface area contributed by atoms with Crippen molar-refractivity contribution in [2.45, 2.75) is 6.42 Å². The van der Waals surface area contributed by atoms with Crippen molar-refractivity contribution in [3.63, 3.8) is 0 Å². The van der Waals surface area contributed by atoms with Crippen LogP contribution in [0.3, 0.4) is 0 Å². The first-order chi connectivity index (χ1) is 5.85. The number of hydrogen-bond acceptors (Lipinski definition) is 1. The fourth-order valence-corrected chi connectivity index (χ4v) is 0.742. The van der Waals surface area contributed by atoms with Crippen LogP contribution >= 0.6 is 19.1 Å². The van der Waals surface area contributed by atoms with E-state index in [2.05, 4.69) is 6.07 Å². The molecule has 12 heavy (non-hydrogen) atoms. The maximum absolute atomic E-state index is 5.34. The number of hydrogen-bond donors (Lipinski definition) is 1. The summed E-state index contributed by atoms with van der Waals surface area (Å²) in [4.78, 5) is 0. The second-order valence-corrected chi connectivity index (χ2v) is 4.33. The molecule has 0 unspecified atom stereocenters. The average Bonchev–Trinajstić information content (AvgIpc) is 2.08. The van der Waals surface area contributed by atoms with Gasteiger partial charge in [-0.05, 0) is 13.0 Å². The first-order valence-corrected chi connectivity index (χ1v) is 7.33. The van der Waals surface area contributed by atoms with Gasteiger partial charge < -0.3 is 5.73 Å². The van der Waals surface area contributed by atoms with E-state index >= 15 is 0 Å². The molecule has 2 N–H and O–H groups in total. The molecular formula is C8H10Cl2NPd-. The second kappa shape index (κ2) is 9.51. The van der Waals surface area contributed by atoms with Gasteiger partial charge in [-0.25, -0.2) is 0 Å². The van der Waals surface area contributed by atoms with Crippen molar-refractivity contribution in [2.75, 3.05) is 6.54 Å². The number of rotatable bonds is 2. The Morgan fingerprint density at radius 3 is 2.50 bits per heavy atom. The Bertz CT molecular complexity index is 182. The van der Waals surface area contributed by atoms with Gasteiger partial charge in [-0.15, -0.1) is 0 Å². The Morgan fingerprint density at radius 2 is 2.08 bits per heavy atom. The molecule has 0 atom stereocenters. The summed E-state index contributed by atoms with van der Waals surface area (Å²) in [6.07, 6.45) is 0.931. The molecule has 1 rings (SSSR count). The molecule has 1 aromatic carbocycles. The number of halogens is 2. The molecule has 0 saturated carbocycles. The van der Waals surface area contributed by atoms with Crippen LogP contribution in [0.4, 0.5) is 0 Å². The molecule has 0 bridgehead atoms. The first kappa shape index (κ1) is 12.4. The van der Waals surface area contributed by atoms with Crippen molar-refractivity contribution in [3.8, 4) is 0 Å². The summed E-state index contributed by atoms with van der Waals surface area (Å²) in [5.41, 5.74) is 6.53. The summed E-state index contributed by atoms with van der Waals surface area (Å²) in [5, 5.41) is 0. The van der Waals surface area contributed by atoms with Gasteiger partial charge in [0.2, 0.25) is 0 Å². The summed E-state index contributed by atoms with van der Waals surface area (Å²) >= 11 is -0.106. The van der Waals surface area contributed by atoms with Gasteiger partial charge in [0.25, 0.3) is 0 Å². The van der Waals surface area contributed by atoms with Crippen molar-refractivity contribution in [2.24, 2.45) is 5.73 Å². The molecule has 0 fully saturated rings. The molecule has 0 spiro atoms. The molecule has 4 heteroatoms. The zero-order valence-electron chi connectivity index (χ0n) is 6.37. The van der Waals surface area contributed by atoms with Crippen LogP contribution in [-0.4, -0.2) is 6.54 Å². The predicted octanol–water partition coefficient (Wildman–Crippen LogP) is 2.36. The van der Waals surface area contributed by atoms with Crippen molar-refractivity contribution in [1.29, 1.82) is 0 Å². The predicted molar refractivity (Wildman–Crippen MR) is 49.7 cm³/mol. The van der Waals surface area contributed by atoms with Gasteiger partial charge in [-0.2, -0.15) is 35.9 Å². The van der Waals surface area contributed by atoms with E-state index in [4.69, 9.17) is 24.8 Å². The molecule has 0 saturated heterocycles. The summed E-state index contributed by atoms with van der Waals surface area (Å²) in [7, 11) is 9.63.